The Bertz CT molecular complexity index is 1030. The lowest BCUT2D eigenvalue weighted by atomic mass is 10.2. The van der Waals surface area contributed by atoms with Crippen molar-refractivity contribution in [2.45, 2.75) is 0 Å². The summed E-state index contributed by atoms with van der Waals surface area (Å²) < 4.78 is 31.2. The quantitative estimate of drug-likeness (QED) is 0.424. The number of H-pyrrole nitrogens is 1. The van der Waals surface area contributed by atoms with Crippen molar-refractivity contribution in [2.24, 2.45) is 0 Å². The number of aromatic amines is 1. The molecule has 0 spiro atoms. The van der Waals surface area contributed by atoms with Crippen molar-refractivity contribution in [3.05, 3.63) is 71.2 Å². The van der Waals surface area contributed by atoms with Crippen LogP contribution in [0.1, 0.15) is 16.2 Å². The normalized spacial score (nSPS) is 11.7. The predicted octanol–water partition coefficient (Wildman–Crippen LogP) is 3.49. The van der Waals surface area contributed by atoms with Gasteiger partial charge in [-0.05, 0) is 24.3 Å². The van der Waals surface area contributed by atoms with Crippen LogP contribution in [-0.4, -0.2) is 27.7 Å². The molecule has 0 aliphatic rings. The van der Waals surface area contributed by atoms with Crippen LogP contribution in [-0.2, 0) is 4.74 Å². The number of benzene rings is 2. The molecule has 8 heteroatoms. The highest BCUT2D eigenvalue weighted by molar-refractivity contribution is 5.90. The van der Waals surface area contributed by atoms with Gasteiger partial charge in [-0.15, -0.1) is 0 Å². The molecule has 130 valence electrons. The molecule has 0 fully saturated rings. The summed E-state index contributed by atoms with van der Waals surface area (Å²) in [4.78, 5) is 18.9. The second-order valence-electron chi connectivity index (χ2n) is 5.24. The first-order chi connectivity index (χ1) is 12.5. The fourth-order valence-corrected chi connectivity index (χ4v) is 2.26. The molecule has 0 saturated heterocycles. The van der Waals surface area contributed by atoms with E-state index in [0.717, 1.165) is 12.1 Å². The maximum atomic E-state index is 13.6. The molecule has 2 N–H and O–H groups in total. The van der Waals surface area contributed by atoms with E-state index < -0.39 is 35.5 Å². The summed E-state index contributed by atoms with van der Waals surface area (Å²) in [6.45, 7) is -0.671. The Morgan fingerprint density at radius 3 is 2.73 bits per heavy atom. The van der Waals surface area contributed by atoms with Crippen molar-refractivity contribution in [1.82, 2.24) is 9.97 Å². The topological polar surface area (TPSA) is 99.0 Å². The average molecular weight is 355 g/mol. The molecule has 26 heavy (non-hydrogen) atoms. The molecular formula is C18H11F2N3O3. The number of hydrogen-bond donors (Lipinski definition) is 2. The van der Waals surface area contributed by atoms with Crippen LogP contribution in [0.15, 0.2) is 48.2 Å². The number of aliphatic hydroxyl groups excluding tert-OH is 1. The number of aliphatic hydroxyl groups is 1. The fourth-order valence-electron chi connectivity index (χ4n) is 2.26. The minimum atomic E-state index is -1.10. The standard InChI is InChI=1S/C18H11F2N3O3/c19-10-5-6-11(13(20)7-10)18(25)26-9-16(24)12(8-21)17-22-14-3-1-2-4-15(14)23-17/h1-7,24H,9H2,(H,22,23). The van der Waals surface area contributed by atoms with Gasteiger partial charge in [0.1, 0.15) is 29.9 Å². The lowest BCUT2D eigenvalue weighted by Gasteiger charge is -2.06. The summed E-state index contributed by atoms with van der Waals surface area (Å²) in [5.41, 5.74) is 0.553. The Labute approximate surface area is 146 Å². The Balaban J connectivity index is 1.81. The highest BCUT2D eigenvalue weighted by Crippen LogP contribution is 2.19. The Kier molecular flexibility index (Phi) is 4.62. The lowest BCUT2D eigenvalue weighted by molar-refractivity contribution is 0.0497. The second-order valence-corrected chi connectivity index (χ2v) is 5.24. The SMILES string of the molecule is N#CC(=C(O)COC(=O)c1ccc(F)cc1F)c1nc2ccccc2[nH]1. The third-order valence-electron chi connectivity index (χ3n) is 3.52. The number of nitriles is 1. The number of ether oxygens (including phenoxy) is 1. The zero-order valence-corrected chi connectivity index (χ0v) is 13.2. The number of halogens is 2. The molecule has 1 heterocycles. The van der Waals surface area contributed by atoms with E-state index in [2.05, 4.69) is 9.97 Å². The van der Waals surface area contributed by atoms with E-state index in [9.17, 15) is 23.9 Å². The van der Waals surface area contributed by atoms with E-state index in [1.807, 2.05) is 0 Å². The number of nitrogens with zero attached hydrogens (tertiary/aromatic N) is 2. The first-order valence-electron chi connectivity index (χ1n) is 7.39. The van der Waals surface area contributed by atoms with Crippen molar-refractivity contribution in [2.75, 3.05) is 6.61 Å². The summed E-state index contributed by atoms with van der Waals surface area (Å²) in [6, 6.07) is 11.2. The number of carbonyl (C=O) groups excluding carboxylic acids is 1. The summed E-state index contributed by atoms with van der Waals surface area (Å²) >= 11 is 0. The molecule has 0 atom stereocenters. The average Bonchev–Trinajstić information content (AvgIpc) is 3.04. The second kappa shape index (κ2) is 7.03. The van der Waals surface area contributed by atoms with Gasteiger partial charge in [-0.25, -0.2) is 18.6 Å². The smallest absolute Gasteiger partial charge is 0.341 e. The van der Waals surface area contributed by atoms with E-state index in [-0.39, 0.29) is 11.4 Å². The van der Waals surface area contributed by atoms with Crippen molar-refractivity contribution < 1.29 is 23.4 Å². The summed E-state index contributed by atoms with van der Waals surface area (Å²) in [5.74, 6) is -3.47. The molecule has 6 nitrogen and oxygen atoms in total. The van der Waals surface area contributed by atoms with Gasteiger partial charge in [0.2, 0.25) is 0 Å². The van der Waals surface area contributed by atoms with Crippen LogP contribution in [0.3, 0.4) is 0 Å². The Morgan fingerprint density at radius 2 is 2.04 bits per heavy atom. The molecule has 0 aliphatic carbocycles. The van der Waals surface area contributed by atoms with Gasteiger partial charge in [-0.3, -0.25) is 0 Å². The summed E-state index contributed by atoms with van der Waals surface area (Å²) in [5, 5.41) is 19.3. The molecular weight excluding hydrogens is 344 g/mol. The third-order valence-corrected chi connectivity index (χ3v) is 3.52. The van der Waals surface area contributed by atoms with Crippen LogP contribution in [0.25, 0.3) is 16.6 Å². The minimum absolute atomic E-state index is 0.107. The lowest BCUT2D eigenvalue weighted by Crippen LogP contribution is -2.11. The van der Waals surface area contributed by atoms with Gasteiger partial charge in [0.15, 0.2) is 11.6 Å². The Hall–Kier alpha value is -3.73. The van der Waals surface area contributed by atoms with Crippen LogP contribution in [0.2, 0.25) is 0 Å². The highest BCUT2D eigenvalue weighted by atomic mass is 19.1. The maximum Gasteiger partial charge on any atom is 0.341 e. The van der Waals surface area contributed by atoms with E-state index in [0.29, 0.717) is 17.1 Å². The molecule has 0 aliphatic heterocycles. The number of aromatic nitrogens is 2. The first kappa shape index (κ1) is 17.1. The highest BCUT2D eigenvalue weighted by Gasteiger charge is 2.17. The number of imidazole rings is 1. The minimum Gasteiger partial charge on any atom is -0.507 e. The van der Waals surface area contributed by atoms with Crippen molar-refractivity contribution in [3.8, 4) is 6.07 Å². The van der Waals surface area contributed by atoms with Crippen LogP contribution in [0.4, 0.5) is 8.78 Å². The van der Waals surface area contributed by atoms with Crippen molar-refractivity contribution in [3.63, 3.8) is 0 Å². The molecule has 2 aromatic carbocycles. The van der Waals surface area contributed by atoms with E-state index in [1.165, 1.54) is 0 Å². The predicted molar refractivity (Wildman–Crippen MR) is 87.9 cm³/mol. The molecule has 3 rings (SSSR count). The number of fused-ring (bicyclic) bond motifs is 1. The van der Waals surface area contributed by atoms with E-state index in [1.54, 1.807) is 30.3 Å². The van der Waals surface area contributed by atoms with Crippen LogP contribution >= 0.6 is 0 Å². The fraction of sp³-hybridized carbons (Fsp3) is 0.0556. The van der Waals surface area contributed by atoms with Crippen LogP contribution < -0.4 is 0 Å². The summed E-state index contributed by atoms with van der Waals surface area (Å²) in [7, 11) is 0. The molecule has 0 amide bonds. The van der Waals surface area contributed by atoms with Gasteiger partial charge in [0, 0.05) is 6.07 Å². The monoisotopic (exact) mass is 355 g/mol. The number of allylic oxidation sites excluding steroid dienone is 1. The molecule has 1 aromatic heterocycles. The number of nitrogens with one attached hydrogen (secondary N) is 1. The first-order valence-corrected chi connectivity index (χ1v) is 7.39. The van der Waals surface area contributed by atoms with E-state index >= 15 is 0 Å². The van der Waals surface area contributed by atoms with Gasteiger partial charge in [-0.1, -0.05) is 12.1 Å². The van der Waals surface area contributed by atoms with Gasteiger partial charge < -0.3 is 14.8 Å². The van der Waals surface area contributed by atoms with Crippen LogP contribution in [0.5, 0.6) is 0 Å². The van der Waals surface area contributed by atoms with Crippen molar-refractivity contribution >= 4 is 22.6 Å². The number of esters is 1. The zero-order chi connectivity index (χ0) is 18.7. The van der Waals surface area contributed by atoms with Gasteiger partial charge >= 0.3 is 5.97 Å². The van der Waals surface area contributed by atoms with Crippen molar-refractivity contribution in [1.29, 1.82) is 5.26 Å². The third kappa shape index (κ3) is 3.37. The number of hydrogen-bond acceptors (Lipinski definition) is 5. The maximum absolute atomic E-state index is 13.6. The Morgan fingerprint density at radius 1 is 1.27 bits per heavy atom. The number of para-hydroxylation sites is 2. The zero-order valence-electron chi connectivity index (χ0n) is 13.2. The van der Waals surface area contributed by atoms with Crippen LogP contribution in [0, 0.1) is 23.0 Å². The number of rotatable bonds is 4. The number of carbonyl (C=O) groups is 1. The molecule has 0 radical (unpaired) electrons. The largest absolute Gasteiger partial charge is 0.507 e. The van der Waals surface area contributed by atoms with Gasteiger partial charge in [-0.2, -0.15) is 5.26 Å². The molecule has 0 saturated carbocycles. The summed E-state index contributed by atoms with van der Waals surface area (Å²) in [6.07, 6.45) is 0. The van der Waals surface area contributed by atoms with Gasteiger partial charge in [0.25, 0.3) is 0 Å². The molecule has 0 bridgehead atoms. The van der Waals surface area contributed by atoms with E-state index in [4.69, 9.17) is 4.74 Å². The molecule has 3 aromatic rings. The van der Waals surface area contributed by atoms with Gasteiger partial charge in [0.05, 0.1) is 16.6 Å². The molecule has 0 unspecified atom stereocenters.